The predicted octanol–water partition coefficient (Wildman–Crippen LogP) is 3.48. The fourth-order valence-corrected chi connectivity index (χ4v) is 24.8. The van der Waals surface area contributed by atoms with Crippen LogP contribution in [0.2, 0.25) is 0 Å². The Bertz CT molecular complexity index is 3110. The van der Waals surface area contributed by atoms with E-state index in [1.165, 1.54) is 0 Å². The minimum Gasteiger partial charge on any atom is -0.481 e. The van der Waals surface area contributed by atoms with E-state index in [-0.39, 0.29) is 43.4 Å². The number of allylic oxidation sites excluding steroid dienone is 2. The molecule has 95 heavy (non-hydrogen) atoms. The molecule has 0 bridgehead atoms. The molecule has 23 nitrogen and oxygen atoms in total. The van der Waals surface area contributed by atoms with Crippen LogP contribution in [0.15, 0.2) is 23.3 Å². The smallest absolute Gasteiger partial charge is 0.315 e. The Kier molecular flexibility index (Phi) is 17.4. The summed E-state index contributed by atoms with van der Waals surface area (Å²) in [6, 6.07) is 0. The molecule has 0 aromatic carbocycles. The van der Waals surface area contributed by atoms with E-state index >= 15 is 4.79 Å². The lowest BCUT2D eigenvalue weighted by atomic mass is 9.32. The van der Waals surface area contributed by atoms with Gasteiger partial charge in [-0.05, 0) is 191 Å². The third-order valence-electron chi connectivity index (χ3n) is 31.2. The Morgan fingerprint density at radius 3 is 1.45 bits per heavy atom. The average molecular weight is 1340 g/mol. The molecule has 8 saturated carbocycles. The minimum atomic E-state index is -1.88. The zero-order valence-electron chi connectivity index (χ0n) is 57.5. The molecular weight excluding hydrogens is 1230 g/mol. The third kappa shape index (κ3) is 9.40. The number of aliphatic hydroxyl groups excluding tert-OH is 12. The summed E-state index contributed by atoms with van der Waals surface area (Å²) < 4.78 is 29.9. The van der Waals surface area contributed by atoms with Crippen LogP contribution >= 0.6 is 0 Å². The number of aliphatic hydroxyl groups is 13. The van der Waals surface area contributed by atoms with Gasteiger partial charge < -0.3 is 95.2 Å². The number of esters is 3. The highest BCUT2D eigenvalue weighted by atomic mass is 16.7. The fourth-order valence-electron chi connectivity index (χ4n) is 24.8. The normalized spacial score (nSPS) is 56.1. The molecule has 12 rings (SSSR count). The maximum Gasteiger partial charge on any atom is 0.315 e. The number of ether oxygens (including phenoxy) is 5. The van der Waals surface area contributed by atoms with Crippen LogP contribution in [0.25, 0.3) is 0 Å². The van der Waals surface area contributed by atoms with Crippen LogP contribution in [-0.2, 0) is 42.9 Å². The van der Waals surface area contributed by atoms with Crippen LogP contribution < -0.4 is 0 Å². The van der Waals surface area contributed by atoms with Gasteiger partial charge in [-0.2, -0.15) is 0 Å². The zero-order chi connectivity index (χ0) is 69.8. The summed E-state index contributed by atoms with van der Waals surface area (Å²) in [4.78, 5) is 60.2. The Hall–Kier alpha value is -3.24. The van der Waals surface area contributed by atoms with Gasteiger partial charge in [-0.1, -0.05) is 85.6 Å². The van der Waals surface area contributed by atoms with Crippen molar-refractivity contribution in [1.29, 1.82) is 0 Å². The number of carboxylic acids is 1. The van der Waals surface area contributed by atoms with Crippen LogP contribution in [0.4, 0.5) is 0 Å². The van der Waals surface area contributed by atoms with Crippen molar-refractivity contribution in [1.82, 2.24) is 0 Å². The fraction of sp³-hybridized carbons (Fsp3) is 0.889. The molecule has 0 spiro atoms. The Balaban J connectivity index is 0.825. The summed E-state index contributed by atoms with van der Waals surface area (Å²) in [5, 5.41) is 159. The number of aliphatic carboxylic acids is 1. The van der Waals surface area contributed by atoms with Crippen molar-refractivity contribution in [2.45, 2.75) is 283 Å². The van der Waals surface area contributed by atoms with Gasteiger partial charge in [0, 0.05) is 11.8 Å². The second-order valence-electron chi connectivity index (χ2n) is 35.3. The Morgan fingerprint density at radius 2 is 0.947 bits per heavy atom. The van der Waals surface area contributed by atoms with Gasteiger partial charge in [-0.3, -0.25) is 19.2 Å². The molecular formula is C72H110O23. The molecule has 536 valence electrons. The van der Waals surface area contributed by atoms with E-state index < -0.39 is 218 Å². The van der Waals surface area contributed by atoms with E-state index in [0.29, 0.717) is 77.0 Å². The number of carboxylic acid groups (broad SMARTS) is 1. The SMILES string of the molecule is CC1CCC2(C(=O)OC3OC(CO)C(O)C(O)C3O)CCC3(C)C(=CCC4C5(C)CC(O)C(OC(=O)C6(C)C(O)C(O)CC7(C)C6CCC6(C)C7CC=C7C8C(O)C(C)(C)CCC8(C(=O)OC8OC(CO)C(O)C(O)C8O)CCC76C)C(C)(C(=O)O)C5CCC43C)C2C1(C)O. The van der Waals surface area contributed by atoms with Crippen LogP contribution in [0.3, 0.4) is 0 Å². The van der Waals surface area contributed by atoms with Crippen molar-refractivity contribution in [2.75, 3.05) is 13.2 Å². The Morgan fingerprint density at radius 1 is 0.495 bits per heavy atom. The van der Waals surface area contributed by atoms with Crippen molar-refractivity contribution in [2.24, 2.45) is 101 Å². The van der Waals surface area contributed by atoms with Crippen molar-refractivity contribution in [3.8, 4) is 0 Å². The second-order valence-corrected chi connectivity index (χ2v) is 35.3. The quantitative estimate of drug-likeness (QED) is 0.0892. The summed E-state index contributed by atoms with van der Waals surface area (Å²) in [6.07, 6.45) is -14.1. The van der Waals surface area contributed by atoms with E-state index in [0.717, 1.165) is 11.1 Å². The van der Waals surface area contributed by atoms with Crippen molar-refractivity contribution in [3.05, 3.63) is 23.3 Å². The lowest BCUT2D eigenvalue weighted by molar-refractivity contribution is -0.299. The third-order valence-corrected chi connectivity index (χ3v) is 31.2. The Labute approximate surface area is 557 Å². The first-order chi connectivity index (χ1) is 44.0. The molecule has 14 N–H and O–H groups in total. The summed E-state index contributed by atoms with van der Waals surface area (Å²) in [5.41, 5.74) is -11.1. The van der Waals surface area contributed by atoms with Gasteiger partial charge in [0.1, 0.15) is 60.4 Å². The summed E-state index contributed by atoms with van der Waals surface area (Å²) >= 11 is 0. The van der Waals surface area contributed by atoms with Crippen LogP contribution in [0.1, 0.15) is 186 Å². The first-order valence-corrected chi connectivity index (χ1v) is 35.3. The molecule has 2 heterocycles. The van der Waals surface area contributed by atoms with Gasteiger partial charge in [-0.15, -0.1) is 0 Å². The maximum absolute atomic E-state index is 15.8. The van der Waals surface area contributed by atoms with Gasteiger partial charge in [0.15, 0.2) is 0 Å². The molecule has 0 aromatic rings. The topological polar surface area (TPSA) is 398 Å². The van der Waals surface area contributed by atoms with E-state index in [1.54, 1.807) is 20.8 Å². The monoisotopic (exact) mass is 1340 g/mol. The zero-order valence-corrected chi connectivity index (χ0v) is 57.5. The van der Waals surface area contributed by atoms with Crippen molar-refractivity contribution < 1.29 is 114 Å². The molecule has 33 atom stereocenters. The first kappa shape index (κ1) is 71.6. The largest absolute Gasteiger partial charge is 0.481 e. The van der Waals surface area contributed by atoms with E-state index in [1.807, 2.05) is 27.7 Å². The summed E-state index contributed by atoms with van der Waals surface area (Å²) in [5.74, 6) is -7.35. The molecule has 0 aromatic heterocycles. The predicted molar refractivity (Wildman–Crippen MR) is 336 cm³/mol. The summed E-state index contributed by atoms with van der Waals surface area (Å²) in [6.45, 7) is 22.1. The lowest BCUT2D eigenvalue weighted by Gasteiger charge is -2.72. The minimum absolute atomic E-state index is 0.0435. The molecule has 2 saturated heterocycles. The van der Waals surface area contributed by atoms with Gasteiger partial charge in [0.05, 0.1) is 59.5 Å². The summed E-state index contributed by atoms with van der Waals surface area (Å²) in [7, 11) is 0. The van der Waals surface area contributed by atoms with Crippen LogP contribution in [-0.4, -0.2) is 206 Å². The molecule has 2 aliphatic heterocycles. The highest BCUT2D eigenvalue weighted by molar-refractivity contribution is 5.82. The number of hydrogen-bond donors (Lipinski definition) is 14. The molecule has 33 unspecified atom stereocenters. The van der Waals surface area contributed by atoms with Gasteiger partial charge in [0.25, 0.3) is 0 Å². The van der Waals surface area contributed by atoms with E-state index in [9.17, 15) is 85.9 Å². The maximum atomic E-state index is 15.8. The number of carbonyl (C=O) groups is 4. The number of rotatable bonds is 9. The van der Waals surface area contributed by atoms with E-state index in [2.05, 4.69) is 46.8 Å². The number of hydrogen-bond acceptors (Lipinski definition) is 22. The first-order valence-electron chi connectivity index (χ1n) is 35.3. The second kappa shape index (κ2) is 23.1. The molecule has 0 amide bonds. The molecule has 10 aliphatic carbocycles. The van der Waals surface area contributed by atoms with Gasteiger partial charge in [0.2, 0.25) is 12.6 Å². The van der Waals surface area contributed by atoms with Crippen molar-refractivity contribution >= 4 is 23.9 Å². The van der Waals surface area contributed by atoms with E-state index in [4.69, 9.17) is 23.7 Å². The highest BCUT2D eigenvalue weighted by Gasteiger charge is 2.77. The molecule has 23 heteroatoms. The molecule has 10 fully saturated rings. The molecule has 0 radical (unpaired) electrons. The van der Waals surface area contributed by atoms with Crippen molar-refractivity contribution in [3.63, 3.8) is 0 Å². The van der Waals surface area contributed by atoms with Crippen LogP contribution in [0, 0.1) is 101 Å². The van der Waals surface area contributed by atoms with Crippen LogP contribution in [0.5, 0.6) is 0 Å². The highest BCUT2D eigenvalue weighted by Crippen LogP contribution is 2.79. The standard InChI is InChI=1S/C72H110O23/c1-33-17-22-72(60(89)95-56-50(82)48(80)46(78)39(32-74)92-56)28-25-65(7)35(51(72)70(33,12)90)14-16-41-63(5)30-37(76)54(69(11,57(85)86)43(63)19-21-67(41,65)9)93-58(87)68(10)42-18-20-66(8)40(62(42,4)29-36(75)52(68)83)15-13-34-44-53(84)61(2,3)23-26-71(44,27-24-64(34,66)6)59(88)94-55-49(81)47(79)45(77)38(31-73)91-55/h13-14,33,36-56,73-84,90H,15-32H2,1-12H3,(H,85,86). The lowest BCUT2D eigenvalue weighted by Crippen LogP contribution is -2.71. The average Bonchev–Trinajstić information content (AvgIpc) is 0.674. The molecule has 12 aliphatic rings. The number of carbonyl (C=O) groups excluding carboxylic acids is 3. The number of fused-ring (bicyclic) bond motifs is 14. The van der Waals surface area contributed by atoms with Gasteiger partial charge in [-0.25, -0.2) is 0 Å². The van der Waals surface area contributed by atoms with Gasteiger partial charge >= 0.3 is 23.9 Å².